The Morgan fingerprint density at radius 1 is 1.08 bits per heavy atom. The van der Waals surface area contributed by atoms with Gasteiger partial charge in [-0.05, 0) is 23.0 Å². The molecule has 1 aliphatic rings. The molecule has 0 aliphatic heterocycles. The van der Waals surface area contributed by atoms with Gasteiger partial charge in [-0.15, -0.1) is 0 Å². The third kappa shape index (κ3) is 3.25. The first kappa shape index (κ1) is 17.8. The number of carbonyl (C=O) groups excluding carboxylic acids is 1. The fraction of sp³-hybridized carbons (Fsp3) is 0.381. The Balaban J connectivity index is 1.83. The van der Waals surface area contributed by atoms with Crippen LogP contribution in [0.15, 0.2) is 42.5 Å². The van der Waals surface area contributed by atoms with Gasteiger partial charge < -0.3 is 9.47 Å². The van der Waals surface area contributed by atoms with E-state index in [1.165, 1.54) is 5.56 Å². The molecule has 0 saturated heterocycles. The Morgan fingerprint density at radius 2 is 1.72 bits per heavy atom. The second kappa shape index (κ2) is 6.72. The summed E-state index contributed by atoms with van der Waals surface area (Å²) in [6, 6.07) is 13.8. The molecule has 25 heavy (non-hydrogen) atoms. The molecule has 1 aliphatic carbocycles. The SMILES string of the molecule is COc1cc(OC)c(CC(=O)[C@@H]2[C@@H](c3ccccc3)C2(C)C)cc1Cl. The predicted octanol–water partition coefficient (Wildman–Crippen LogP) is 4.91. The Kier molecular flexibility index (Phi) is 4.79. The van der Waals surface area contributed by atoms with Gasteiger partial charge in [0.15, 0.2) is 0 Å². The highest BCUT2D eigenvalue weighted by Crippen LogP contribution is 2.65. The molecule has 1 saturated carbocycles. The number of hydrogen-bond acceptors (Lipinski definition) is 3. The van der Waals surface area contributed by atoms with Crippen molar-refractivity contribution in [2.45, 2.75) is 26.2 Å². The van der Waals surface area contributed by atoms with E-state index in [2.05, 4.69) is 26.0 Å². The summed E-state index contributed by atoms with van der Waals surface area (Å²) in [5, 5.41) is 0.487. The van der Waals surface area contributed by atoms with Crippen molar-refractivity contribution in [1.29, 1.82) is 0 Å². The molecular weight excluding hydrogens is 336 g/mol. The number of carbonyl (C=O) groups is 1. The van der Waals surface area contributed by atoms with Crippen molar-refractivity contribution in [3.05, 3.63) is 58.6 Å². The molecular formula is C21H23ClO3. The van der Waals surface area contributed by atoms with Crippen LogP contribution in [-0.2, 0) is 11.2 Å². The van der Waals surface area contributed by atoms with Crippen molar-refractivity contribution in [3.63, 3.8) is 0 Å². The average molecular weight is 359 g/mol. The number of ether oxygens (including phenoxy) is 2. The summed E-state index contributed by atoms with van der Waals surface area (Å²) in [7, 11) is 3.15. The molecule has 2 atom stereocenters. The lowest BCUT2D eigenvalue weighted by Crippen LogP contribution is -2.10. The van der Waals surface area contributed by atoms with Crippen LogP contribution in [0.1, 0.15) is 30.9 Å². The molecule has 0 amide bonds. The number of hydrogen-bond donors (Lipinski definition) is 0. The fourth-order valence-corrected chi connectivity index (χ4v) is 4.14. The number of Topliss-reactive ketones (excluding diaryl/α,β-unsaturated/α-hetero) is 1. The quantitative estimate of drug-likeness (QED) is 0.736. The molecule has 1 fully saturated rings. The van der Waals surface area contributed by atoms with Gasteiger partial charge in [0.2, 0.25) is 0 Å². The summed E-state index contributed by atoms with van der Waals surface area (Å²) in [5.74, 6) is 1.67. The largest absolute Gasteiger partial charge is 0.496 e. The Morgan fingerprint density at radius 3 is 2.32 bits per heavy atom. The maximum Gasteiger partial charge on any atom is 0.141 e. The molecule has 0 radical (unpaired) electrons. The van der Waals surface area contributed by atoms with Crippen molar-refractivity contribution in [3.8, 4) is 11.5 Å². The summed E-state index contributed by atoms with van der Waals surface area (Å²) in [4.78, 5) is 13.0. The second-order valence-corrected chi connectivity index (χ2v) is 7.54. The van der Waals surface area contributed by atoms with Crippen LogP contribution in [0.4, 0.5) is 0 Å². The van der Waals surface area contributed by atoms with E-state index in [-0.39, 0.29) is 23.0 Å². The van der Waals surface area contributed by atoms with Crippen LogP contribution in [0.2, 0.25) is 5.02 Å². The van der Waals surface area contributed by atoms with E-state index in [1.54, 1.807) is 26.4 Å². The fourth-order valence-electron chi connectivity index (χ4n) is 3.88. The number of rotatable bonds is 6. The van der Waals surface area contributed by atoms with Gasteiger partial charge in [-0.3, -0.25) is 4.79 Å². The molecule has 0 heterocycles. The third-order valence-corrected chi connectivity index (χ3v) is 5.55. The topological polar surface area (TPSA) is 35.5 Å². The van der Waals surface area contributed by atoms with Gasteiger partial charge in [-0.2, -0.15) is 0 Å². The van der Waals surface area contributed by atoms with Crippen molar-refractivity contribution in [2.24, 2.45) is 11.3 Å². The summed E-state index contributed by atoms with van der Waals surface area (Å²) < 4.78 is 10.6. The van der Waals surface area contributed by atoms with Gasteiger partial charge in [0.25, 0.3) is 0 Å². The zero-order chi connectivity index (χ0) is 18.2. The van der Waals surface area contributed by atoms with Crippen molar-refractivity contribution in [2.75, 3.05) is 14.2 Å². The van der Waals surface area contributed by atoms with Crippen LogP contribution in [0.25, 0.3) is 0 Å². The van der Waals surface area contributed by atoms with Crippen molar-refractivity contribution < 1.29 is 14.3 Å². The first-order chi connectivity index (χ1) is 11.9. The predicted molar refractivity (Wildman–Crippen MR) is 99.7 cm³/mol. The Bertz CT molecular complexity index is 783. The number of ketones is 1. The van der Waals surface area contributed by atoms with E-state index in [4.69, 9.17) is 21.1 Å². The lowest BCUT2D eigenvalue weighted by atomic mass is 10.0. The lowest BCUT2D eigenvalue weighted by Gasteiger charge is -2.12. The maximum atomic E-state index is 13.0. The molecule has 132 valence electrons. The van der Waals surface area contributed by atoms with Crippen LogP contribution < -0.4 is 9.47 Å². The molecule has 0 unspecified atom stereocenters. The number of halogens is 1. The molecule has 4 heteroatoms. The minimum Gasteiger partial charge on any atom is -0.496 e. The van der Waals surface area contributed by atoms with E-state index >= 15 is 0 Å². The van der Waals surface area contributed by atoms with Crippen LogP contribution in [0.5, 0.6) is 11.5 Å². The molecule has 0 aromatic heterocycles. The van der Waals surface area contributed by atoms with E-state index in [9.17, 15) is 4.79 Å². The zero-order valence-electron chi connectivity index (χ0n) is 15.0. The van der Waals surface area contributed by atoms with Crippen LogP contribution >= 0.6 is 11.6 Å². The smallest absolute Gasteiger partial charge is 0.141 e. The number of benzene rings is 2. The highest BCUT2D eigenvalue weighted by Gasteiger charge is 2.61. The zero-order valence-corrected chi connectivity index (χ0v) is 15.8. The number of methoxy groups -OCH3 is 2. The van der Waals surface area contributed by atoms with Crippen LogP contribution in [-0.4, -0.2) is 20.0 Å². The molecule has 0 bridgehead atoms. The summed E-state index contributed by atoms with van der Waals surface area (Å²) in [5.41, 5.74) is 2.00. The van der Waals surface area contributed by atoms with Gasteiger partial charge >= 0.3 is 0 Å². The molecule has 2 aromatic rings. The maximum absolute atomic E-state index is 13.0. The average Bonchev–Trinajstić information content (AvgIpc) is 3.18. The molecule has 3 rings (SSSR count). The highest BCUT2D eigenvalue weighted by atomic mass is 35.5. The Labute approximate surface area is 153 Å². The minimum atomic E-state index is -0.0259. The first-order valence-electron chi connectivity index (χ1n) is 8.38. The van der Waals surface area contributed by atoms with Crippen LogP contribution in [0, 0.1) is 11.3 Å². The van der Waals surface area contributed by atoms with Crippen molar-refractivity contribution in [1.82, 2.24) is 0 Å². The van der Waals surface area contributed by atoms with Crippen molar-refractivity contribution >= 4 is 17.4 Å². The first-order valence-corrected chi connectivity index (χ1v) is 8.76. The monoisotopic (exact) mass is 358 g/mol. The molecule has 0 spiro atoms. The molecule has 3 nitrogen and oxygen atoms in total. The van der Waals surface area contributed by atoms with Gasteiger partial charge in [-0.1, -0.05) is 55.8 Å². The van der Waals surface area contributed by atoms with E-state index < -0.39 is 0 Å². The van der Waals surface area contributed by atoms with E-state index in [0.29, 0.717) is 22.9 Å². The summed E-state index contributed by atoms with van der Waals surface area (Å²) in [6.07, 6.45) is 0.310. The standard InChI is InChI=1S/C21H23ClO3/c1-21(2)19(13-8-6-5-7-9-13)20(21)16(23)11-14-10-15(22)18(25-4)12-17(14)24-3/h5-10,12,19-20H,11H2,1-4H3/t19-,20-/m1/s1. The van der Waals surface area contributed by atoms with E-state index in [0.717, 1.165) is 5.56 Å². The van der Waals surface area contributed by atoms with Gasteiger partial charge in [0, 0.05) is 24.0 Å². The lowest BCUT2D eigenvalue weighted by molar-refractivity contribution is -0.120. The second-order valence-electron chi connectivity index (χ2n) is 7.13. The van der Waals surface area contributed by atoms with Crippen LogP contribution in [0.3, 0.4) is 0 Å². The minimum absolute atomic E-state index is 0.0143. The molecule has 2 aromatic carbocycles. The van der Waals surface area contributed by atoms with E-state index in [1.807, 2.05) is 18.2 Å². The normalized spacial score (nSPS) is 20.8. The Hall–Kier alpha value is -2.00. The summed E-state index contributed by atoms with van der Waals surface area (Å²) >= 11 is 6.23. The third-order valence-electron chi connectivity index (χ3n) is 5.25. The summed E-state index contributed by atoms with van der Waals surface area (Å²) in [6.45, 7) is 4.32. The van der Waals surface area contributed by atoms with Gasteiger partial charge in [0.1, 0.15) is 17.3 Å². The highest BCUT2D eigenvalue weighted by molar-refractivity contribution is 6.32. The van der Waals surface area contributed by atoms with Gasteiger partial charge in [-0.25, -0.2) is 0 Å². The molecule has 0 N–H and O–H groups in total. The van der Waals surface area contributed by atoms with Gasteiger partial charge in [0.05, 0.1) is 19.2 Å².